The number of rotatable bonds is 10. The van der Waals surface area contributed by atoms with Crippen molar-refractivity contribution in [3.8, 4) is 0 Å². The third-order valence-corrected chi connectivity index (χ3v) is 5.89. The summed E-state index contributed by atoms with van der Waals surface area (Å²) in [4.78, 5) is 42.8. The van der Waals surface area contributed by atoms with E-state index in [1.54, 1.807) is 25.3 Å². The van der Waals surface area contributed by atoms with Crippen molar-refractivity contribution in [3.63, 3.8) is 0 Å². The van der Waals surface area contributed by atoms with Crippen LogP contribution in [-0.4, -0.2) is 70.1 Å². The van der Waals surface area contributed by atoms with Crippen LogP contribution in [0.3, 0.4) is 0 Å². The zero-order chi connectivity index (χ0) is 25.3. The van der Waals surface area contributed by atoms with Crippen molar-refractivity contribution in [1.29, 1.82) is 0 Å². The lowest BCUT2D eigenvalue weighted by Crippen LogP contribution is -2.46. The first kappa shape index (κ1) is 25.0. The molecule has 1 aliphatic rings. The molecular formula is C25H29N7O4. The number of aromatic nitrogens is 3. The number of nitrogens with zero attached hydrogens (tertiary/aromatic N) is 7. The quantitative estimate of drug-likeness (QED) is 0.238. The number of nitro groups is 1. The number of piperazine rings is 1. The lowest BCUT2D eigenvalue weighted by atomic mass is 10.2. The second-order valence-corrected chi connectivity index (χ2v) is 8.36. The smallest absolute Gasteiger partial charge is 0.353 e. The van der Waals surface area contributed by atoms with Crippen LogP contribution in [-0.2, 0) is 22.6 Å². The lowest BCUT2D eigenvalue weighted by molar-refractivity contribution is -0.383. The number of esters is 1. The van der Waals surface area contributed by atoms with Gasteiger partial charge >= 0.3 is 11.7 Å². The van der Waals surface area contributed by atoms with Crippen molar-refractivity contribution in [1.82, 2.24) is 19.9 Å². The van der Waals surface area contributed by atoms with Crippen molar-refractivity contribution in [2.45, 2.75) is 20.0 Å². The predicted molar refractivity (Wildman–Crippen MR) is 135 cm³/mol. The first-order valence-electron chi connectivity index (χ1n) is 11.9. The summed E-state index contributed by atoms with van der Waals surface area (Å²) in [5.41, 5.74) is 1.64. The van der Waals surface area contributed by atoms with Gasteiger partial charge in [-0.2, -0.15) is 0 Å². The Morgan fingerprint density at radius 1 is 1.06 bits per heavy atom. The molecule has 1 aliphatic heterocycles. The van der Waals surface area contributed by atoms with E-state index >= 15 is 0 Å². The van der Waals surface area contributed by atoms with Crippen molar-refractivity contribution in [2.75, 3.05) is 49.1 Å². The van der Waals surface area contributed by atoms with Crippen molar-refractivity contribution in [3.05, 3.63) is 82.4 Å². The highest BCUT2D eigenvalue weighted by atomic mass is 16.6. The van der Waals surface area contributed by atoms with E-state index in [9.17, 15) is 14.9 Å². The monoisotopic (exact) mass is 491 g/mol. The Balaban J connectivity index is 1.57. The minimum absolute atomic E-state index is 0.0652. The van der Waals surface area contributed by atoms with E-state index < -0.39 is 10.9 Å². The van der Waals surface area contributed by atoms with Gasteiger partial charge in [0.2, 0.25) is 11.6 Å². The first-order valence-corrected chi connectivity index (χ1v) is 11.9. The van der Waals surface area contributed by atoms with Gasteiger partial charge in [-0.25, -0.2) is 9.97 Å². The third-order valence-electron chi connectivity index (χ3n) is 5.89. The molecule has 0 radical (unpaired) electrons. The molecule has 3 aromatic rings. The Morgan fingerprint density at radius 3 is 2.47 bits per heavy atom. The topological polar surface area (TPSA) is 118 Å². The molecule has 2 aromatic heterocycles. The summed E-state index contributed by atoms with van der Waals surface area (Å²) in [5.74, 6) is -0.188. The van der Waals surface area contributed by atoms with Crippen LogP contribution < -0.4 is 9.80 Å². The molecule has 11 heteroatoms. The summed E-state index contributed by atoms with van der Waals surface area (Å²) in [6.07, 6.45) is 2.94. The van der Waals surface area contributed by atoms with Crippen LogP contribution in [0.2, 0.25) is 0 Å². The molecule has 36 heavy (non-hydrogen) atoms. The van der Waals surface area contributed by atoms with Gasteiger partial charge in [-0.15, -0.1) is 0 Å². The van der Waals surface area contributed by atoms with Crippen LogP contribution in [0, 0.1) is 10.1 Å². The maximum atomic E-state index is 12.4. The number of carbonyl (C=O) groups is 1. The SMILES string of the molecule is CCOC(=O)CN(Cc1ccccn1)c1ncnc(N2CCN(Cc3ccccc3)CC2)c1[N+](=O)[O-]. The van der Waals surface area contributed by atoms with Crippen molar-refractivity contribution < 1.29 is 14.5 Å². The first-order chi connectivity index (χ1) is 17.5. The molecule has 0 aliphatic carbocycles. The van der Waals surface area contributed by atoms with Gasteiger partial charge in [0.1, 0.15) is 12.9 Å². The maximum absolute atomic E-state index is 12.4. The molecule has 0 amide bonds. The van der Waals surface area contributed by atoms with Gasteiger partial charge in [0.25, 0.3) is 0 Å². The van der Waals surface area contributed by atoms with Crippen LogP contribution in [0.25, 0.3) is 0 Å². The van der Waals surface area contributed by atoms with Crippen LogP contribution >= 0.6 is 0 Å². The average Bonchev–Trinajstić information content (AvgIpc) is 2.89. The fraction of sp³-hybridized carbons (Fsp3) is 0.360. The normalized spacial score (nSPS) is 13.9. The van der Waals surface area contributed by atoms with Gasteiger partial charge in [-0.05, 0) is 24.6 Å². The summed E-state index contributed by atoms with van der Waals surface area (Å²) in [6, 6.07) is 15.6. The molecule has 11 nitrogen and oxygen atoms in total. The fourth-order valence-electron chi connectivity index (χ4n) is 4.20. The van der Waals surface area contributed by atoms with Crippen LogP contribution in [0.1, 0.15) is 18.2 Å². The molecule has 1 aromatic carbocycles. The number of hydrogen-bond acceptors (Lipinski definition) is 10. The van der Waals surface area contributed by atoms with Crippen molar-refractivity contribution >= 4 is 23.3 Å². The molecule has 0 spiro atoms. The zero-order valence-electron chi connectivity index (χ0n) is 20.2. The van der Waals surface area contributed by atoms with Crippen LogP contribution in [0.15, 0.2) is 61.1 Å². The Bertz CT molecular complexity index is 1160. The van der Waals surface area contributed by atoms with Gasteiger partial charge < -0.3 is 14.5 Å². The highest BCUT2D eigenvalue weighted by molar-refractivity contribution is 5.79. The number of anilines is 2. The van der Waals surface area contributed by atoms with E-state index in [4.69, 9.17) is 4.74 Å². The van der Waals surface area contributed by atoms with E-state index in [1.807, 2.05) is 29.2 Å². The highest BCUT2D eigenvalue weighted by Gasteiger charge is 2.32. The van der Waals surface area contributed by atoms with Crippen LogP contribution in [0.5, 0.6) is 0 Å². The van der Waals surface area contributed by atoms with Gasteiger partial charge in [0.15, 0.2) is 0 Å². The Morgan fingerprint density at radius 2 is 1.81 bits per heavy atom. The number of ether oxygens (including phenoxy) is 1. The summed E-state index contributed by atoms with van der Waals surface area (Å²) in [6.45, 7) is 5.35. The van der Waals surface area contributed by atoms with Gasteiger partial charge in [0.05, 0.1) is 23.8 Å². The molecule has 0 bridgehead atoms. The summed E-state index contributed by atoms with van der Waals surface area (Å²) < 4.78 is 5.11. The minimum atomic E-state index is -0.502. The molecule has 0 atom stereocenters. The van der Waals surface area contributed by atoms with Crippen LogP contribution in [0.4, 0.5) is 17.3 Å². The Labute approximate surface area is 209 Å². The molecule has 0 saturated carbocycles. The van der Waals surface area contributed by atoms with E-state index in [1.165, 1.54) is 16.8 Å². The number of pyridine rings is 1. The minimum Gasteiger partial charge on any atom is -0.465 e. The molecular weight excluding hydrogens is 462 g/mol. The fourth-order valence-corrected chi connectivity index (χ4v) is 4.20. The van der Waals surface area contributed by atoms with Gasteiger partial charge in [0, 0.05) is 38.9 Å². The molecule has 0 N–H and O–H groups in total. The largest absolute Gasteiger partial charge is 0.465 e. The standard InChI is InChI=1S/C25H29N7O4/c1-2-36-22(33)18-31(17-21-10-6-7-11-26-21)25-23(32(34)35)24(27-19-28-25)30-14-12-29(13-15-30)16-20-8-4-3-5-9-20/h3-11,19H,2,12-18H2,1H3. The molecule has 0 unspecified atom stereocenters. The number of benzene rings is 1. The van der Waals surface area contributed by atoms with Gasteiger partial charge in [-0.3, -0.25) is 24.8 Å². The molecule has 1 fully saturated rings. The van der Waals surface area contributed by atoms with E-state index in [-0.39, 0.29) is 37.0 Å². The third kappa shape index (κ3) is 6.30. The Kier molecular flexibility index (Phi) is 8.35. The molecule has 188 valence electrons. The predicted octanol–water partition coefficient (Wildman–Crippen LogP) is 2.67. The number of carbonyl (C=O) groups excluding carboxylic acids is 1. The average molecular weight is 492 g/mol. The molecule has 4 rings (SSSR count). The molecule has 1 saturated heterocycles. The summed E-state index contributed by atoms with van der Waals surface area (Å²) in [5, 5.41) is 12.3. The molecule has 3 heterocycles. The second-order valence-electron chi connectivity index (χ2n) is 8.36. The lowest BCUT2D eigenvalue weighted by Gasteiger charge is -2.35. The van der Waals surface area contributed by atoms with Crippen molar-refractivity contribution in [2.24, 2.45) is 0 Å². The zero-order valence-corrected chi connectivity index (χ0v) is 20.2. The van der Waals surface area contributed by atoms with Gasteiger partial charge in [-0.1, -0.05) is 36.4 Å². The maximum Gasteiger partial charge on any atom is 0.353 e. The second kappa shape index (κ2) is 12.0. The highest BCUT2D eigenvalue weighted by Crippen LogP contribution is 2.35. The van der Waals surface area contributed by atoms with E-state index in [0.29, 0.717) is 18.8 Å². The number of hydrogen-bond donors (Lipinski definition) is 0. The Hall–Kier alpha value is -4.12. The summed E-state index contributed by atoms with van der Waals surface area (Å²) >= 11 is 0. The van der Waals surface area contributed by atoms with E-state index in [2.05, 4.69) is 32.0 Å². The van der Waals surface area contributed by atoms with E-state index in [0.717, 1.165) is 19.6 Å². The summed E-state index contributed by atoms with van der Waals surface area (Å²) in [7, 11) is 0.